The summed E-state index contributed by atoms with van der Waals surface area (Å²) in [6.07, 6.45) is 6.90. The number of aryl methyl sites for hydroxylation is 1. The minimum Gasteiger partial charge on any atom is -0.325 e. The van der Waals surface area contributed by atoms with E-state index in [1.54, 1.807) is 0 Å². The Kier molecular flexibility index (Phi) is 5.97. The van der Waals surface area contributed by atoms with Crippen LogP contribution in [0.2, 0.25) is 5.02 Å². The van der Waals surface area contributed by atoms with Crippen LogP contribution in [0, 0.1) is 12.7 Å². The van der Waals surface area contributed by atoms with E-state index in [-0.39, 0.29) is 17.5 Å². The molecule has 0 saturated carbocycles. The van der Waals surface area contributed by atoms with E-state index in [9.17, 15) is 9.18 Å². The van der Waals surface area contributed by atoms with E-state index >= 15 is 0 Å². The molecule has 0 spiro atoms. The lowest BCUT2D eigenvalue weighted by molar-refractivity contribution is -0.117. The zero-order chi connectivity index (χ0) is 21.1. The first-order valence-corrected chi connectivity index (χ1v) is 10.1. The Bertz CT molecular complexity index is 1090. The number of rotatable bonds is 5. The summed E-state index contributed by atoms with van der Waals surface area (Å²) in [7, 11) is 0. The van der Waals surface area contributed by atoms with Gasteiger partial charge in [0.2, 0.25) is 5.91 Å². The van der Waals surface area contributed by atoms with Crippen molar-refractivity contribution in [1.29, 1.82) is 0 Å². The number of nitrogens with one attached hydrogen (secondary N) is 1. The summed E-state index contributed by atoms with van der Waals surface area (Å²) in [5, 5.41) is 7.23. The van der Waals surface area contributed by atoms with Crippen molar-refractivity contribution in [2.24, 2.45) is 0 Å². The molecule has 2 heterocycles. The lowest BCUT2D eigenvalue weighted by Gasteiger charge is -2.25. The van der Waals surface area contributed by atoms with Crippen LogP contribution in [0.25, 0.3) is 11.3 Å². The first kappa shape index (κ1) is 20.3. The van der Waals surface area contributed by atoms with Crippen LogP contribution in [-0.4, -0.2) is 40.2 Å². The summed E-state index contributed by atoms with van der Waals surface area (Å²) in [5.74, 6) is -0.657. The first-order valence-electron chi connectivity index (χ1n) is 9.76. The van der Waals surface area contributed by atoms with Gasteiger partial charge < -0.3 is 5.32 Å². The molecule has 3 aromatic rings. The molecular weight excluding hydrogens is 403 g/mol. The highest BCUT2D eigenvalue weighted by Gasteiger charge is 2.17. The molecule has 1 aliphatic heterocycles. The molecule has 1 N–H and O–H groups in total. The van der Waals surface area contributed by atoms with Crippen molar-refractivity contribution in [1.82, 2.24) is 14.7 Å². The molecular formula is C23H22ClFN4O. The molecule has 1 aliphatic rings. The number of carbonyl (C=O) groups excluding carboxylic acids is 1. The number of halogens is 2. The Morgan fingerprint density at radius 2 is 2.03 bits per heavy atom. The van der Waals surface area contributed by atoms with E-state index in [0.29, 0.717) is 12.2 Å². The van der Waals surface area contributed by atoms with E-state index in [2.05, 4.69) is 52.6 Å². The van der Waals surface area contributed by atoms with Crippen LogP contribution < -0.4 is 5.32 Å². The fourth-order valence-corrected chi connectivity index (χ4v) is 3.60. The molecule has 2 aromatic carbocycles. The van der Waals surface area contributed by atoms with Gasteiger partial charge in [-0.05, 0) is 49.2 Å². The van der Waals surface area contributed by atoms with Gasteiger partial charge in [-0.3, -0.25) is 9.69 Å². The van der Waals surface area contributed by atoms with Gasteiger partial charge in [-0.25, -0.2) is 9.07 Å². The van der Waals surface area contributed by atoms with Crippen LogP contribution in [0.1, 0.15) is 17.5 Å². The standard InChI is InChI=1S/C23H22ClFN4O/c1-16-2-5-20(6-3-16)29-14-18(13-26-29)17-8-10-28(11-9-17)15-23(30)27-19-4-7-22(25)21(24)12-19/h2-8,12-14H,9-11,15H2,1H3,(H,27,30). The normalized spacial score (nSPS) is 14.4. The van der Waals surface area contributed by atoms with Crippen LogP contribution in [0.5, 0.6) is 0 Å². The van der Waals surface area contributed by atoms with Crippen molar-refractivity contribution in [2.75, 3.05) is 25.0 Å². The van der Waals surface area contributed by atoms with Crippen molar-refractivity contribution in [3.05, 3.63) is 82.9 Å². The molecule has 1 amide bonds. The van der Waals surface area contributed by atoms with Crippen LogP contribution in [0.4, 0.5) is 10.1 Å². The van der Waals surface area contributed by atoms with Gasteiger partial charge in [-0.2, -0.15) is 5.10 Å². The molecule has 0 unspecified atom stereocenters. The maximum atomic E-state index is 13.2. The molecule has 0 atom stereocenters. The maximum absolute atomic E-state index is 13.2. The highest BCUT2D eigenvalue weighted by Crippen LogP contribution is 2.23. The van der Waals surface area contributed by atoms with Gasteiger partial charge in [0.1, 0.15) is 5.82 Å². The lowest BCUT2D eigenvalue weighted by atomic mass is 10.0. The molecule has 1 aromatic heterocycles. The third-order valence-corrected chi connectivity index (χ3v) is 5.41. The van der Waals surface area contributed by atoms with Crippen LogP contribution in [-0.2, 0) is 4.79 Å². The molecule has 0 saturated heterocycles. The average Bonchev–Trinajstić information content (AvgIpc) is 3.22. The van der Waals surface area contributed by atoms with Gasteiger partial charge in [0, 0.05) is 30.5 Å². The minimum atomic E-state index is -0.505. The van der Waals surface area contributed by atoms with Gasteiger partial charge >= 0.3 is 0 Å². The van der Waals surface area contributed by atoms with Gasteiger partial charge in [0.25, 0.3) is 0 Å². The smallest absolute Gasteiger partial charge is 0.238 e. The Morgan fingerprint density at radius 3 is 2.73 bits per heavy atom. The second kappa shape index (κ2) is 8.81. The number of nitrogens with zero attached hydrogens (tertiary/aromatic N) is 3. The van der Waals surface area contributed by atoms with E-state index in [1.165, 1.54) is 29.3 Å². The fraction of sp³-hybridized carbons (Fsp3) is 0.217. The molecule has 0 aliphatic carbocycles. The third kappa shape index (κ3) is 4.78. The lowest BCUT2D eigenvalue weighted by Crippen LogP contribution is -2.36. The summed E-state index contributed by atoms with van der Waals surface area (Å²) < 4.78 is 15.1. The number of hydrogen-bond acceptors (Lipinski definition) is 3. The largest absolute Gasteiger partial charge is 0.325 e. The van der Waals surface area contributed by atoms with Crippen molar-refractivity contribution in [3.8, 4) is 5.69 Å². The molecule has 154 valence electrons. The zero-order valence-electron chi connectivity index (χ0n) is 16.6. The molecule has 7 heteroatoms. The topological polar surface area (TPSA) is 50.2 Å². The molecule has 4 rings (SSSR count). The Labute approximate surface area is 179 Å². The number of aromatic nitrogens is 2. The first-order chi connectivity index (χ1) is 14.5. The quantitative estimate of drug-likeness (QED) is 0.645. The summed E-state index contributed by atoms with van der Waals surface area (Å²) in [6.45, 7) is 3.79. The molecule has 0 bridgehead atoms. The number of carbonyl (C=O) groups is 1. The van der Waals surface area contributed by atoms with E-state index in [0.717, 1.165) is 24.2 Å². The number of amides is 1. The molecule has 0 radical (unpaired) electrons. The van der Waals surface area contributed by atoms with E-state index < -0.39 is 5.82 Å². The second-order valence-electron chi connectivity index (χ2n) is 7.40. The maximum Gasteiger partial charge on any atom is 0.238 e. The van der Waals surface area contributed by atoms with Crippen molar-refractivity contribution >= 4 is 28.8 Å². The Balaban J connectivity index is 1.34. The fourth-order valence-electron chi connectivity index (χ4n) is 3.42. The minimum absolute atomic E-state index is 0.00969. The SMILES string of the molecule is Cc1ccc(-n2cc(C3=CCN(CC(=O)Nc4ccc(F)c(Cl)c4)CC3)cn2)cc1. The second-order valence-corrected chi connectivity index (χ2v) is 7.81. The zero-order valence-corrected chi connectivity index (χ0v) is 17.4. The van der Waals surface area contributed by atoms with Crippen molar-refractivity contribution in [2.45, 2.75) is 13.3 Å². The average molecular weight is 425 g/mol. The van der Waals surface area contributed by atoms with Crippen LogP contribution in [0.3, 0.4) is 0 Å². The van der Waals surface area contributed by atoms with Gasteiger partial charge in [-0.1, -0.05) is 35.4 Å². The summed E-state index contributed by atoms with van der Waals surface area (Å²) in [5.41, 5.74) is 5.06. The highest BCUT2D eigenvalue weighted by molar-refractivity contribution is 6.31. The summed E-state index contributed by atoms with van der Waals surface area (Å²) in [6, 6.07) is 12.4. The van der Waals surface area contributed by atoms with Gasteiger partial charge in [-0.15, -0.1) is 0 Å². The number of hydrogen-bond donors (Lipinski definition) is 1. The summed E-state index contributed by atoms with van der Waals surface area (Å²) in [4.78, 5) is 14.4. The molecule has 0 fully saturated rings. The van der Waals surface area contributed by atoms with Crippen LogP contribution >= 0.6 is 11.6 Å². The predicted octanol–water partition coefficient (Wildman–Crippen LogP) is 4.70. The Morgan fingerprint density at radius 1 is 1.23 bits per heavy atom. The number of anilines is 1. The number of benzene rings is 2. The monoisotopic (exact) mass is 424 g/mol. The van der Waals surface area contributed by atoms with E-state index in [4.69, 9.17) is 11.6 Å². The van der Waals surface area contributed by atoms with Crippen LogP contribution in [0.15, 0.2) is 60.9 Å². The van der Waals surface area contributed by atoms with Gasteiger partial charge in [0.05, 0.1) is 23.5 Å². The van der Waals surface area contributed by atoms with Gasteiger partial charge in [0.15, 0.2) is 0 Å². The molecule has 5 nitrogen and oxygen atoms in total. The highest BCUT2D eigenvalue weighted by atomic mass is 35.5. The Hall–Kier alpha value is -2.96. The van der Waals surface area contributed by atoms with Crippen molar-refractivity contribution < 1.29 is 9.18 Å². The van der Waals surface area contributed by atoms with E-state index in [1.807, 2.05) is 17.1 Å². The van der Waals surface area contributed by atoms with Crippen molar-refractivity contribution in [3.63, 3.8) is 0 Å². The third-order valence-electron chi connectivity index (χ3n) is 5.12. The molecule has 30 heavy (non-hydrogen) atoms. The predicted molar refractivity (Wildman–Crippen MR) is 117 cm³/mol. The summed E-state index contributed by atoms with van der Waals surface area (Å²) >= 11 is 5.76.